The summed E-state index contributed by atoms with van der Waals surface area (Å²) in [6.07, 6.45) is 2.77. The number of nitriles is 1. The first kappa shape index (κ1) is 12.9. The van der Waals surface area contributed by atoms with E-state index in [1.54, 1.807) is 0 Å². The lowest BCUT2D eigenvalue weighted by Gasteiger charge is -2.23. The maximum Gasteiger partial charge on any atom is 0.263 e. The minimum atomic E-state index is -0.917. The molecule has 0 saturated carbocycles. The van der Waals surface area contributed by atoms with Crippen molar-refractivity contribution in [1.29, 1.82) is 5.26 Å². The largest absolute Gasteiger partial charge is 0.277 e. The molecule has 0 spiro atoms. The predicted molar refractivity (Wildman–Crippen MR) is 53.0 cm³/mol. The first-order valence-electron chi connectivity index (χ1n) is 4.91. The van der Waals surface area contributed by atoms with Crippen molar-refractivity contribution in [3.05, 3.63) is 0 Å². The van der Waals surface area contributed by atoms with Gasteiger partial charge in [-0.2, -0.15) is 5.26 Å². The van der Waals surface area contributed by atoms with E-state index in [1.165, 1.54) is 7.11 Å². The van der Waals surface area contributed by atoms with Crippen LogP contribution in [0.5, 0.6) is 0 Å². The molecule has 1 amide bonds. The number of carbonyl (C=O) groups excluding carboxylic acids is 1. The van der Waals surface area contributed by atoms with Gasteiger partial charge in [0.05, 0.1) is 13.2 Å². The molecule has 14 heavy (non-hydrogen) atoms. The molecule has 80 valence electrons. The average Bonchev–Trinajstić information content (AvgIpc) is 2.17. The molecule has 0 aliphatic carbocycles. The summed E-state index contributed by atoms with van der Waals surface area (Å²) in [7, 11) is 1.37. The third kappa shape index (κ3) is 3.00. The standard InChI is InChI=1S/C10H18N2O2/c1-4-6-10(8-11,7-5-2)9(13)12-14-3/h4-7H2,1-3H3,(H,12,13). The molecule has 0 aromatic rings. The van der Waals surface area contributed by atoms with Crippen LogP contribution in [0.15, 0.2) is 0 Å². The summed E-state index contributed by atoms with van der Waals surface area (Å²) in [6.45, 7) is 3.92. The second-order valence-electron chi connectivity index (χ2n) is 3.33. The Morgan fingerprint density at radius 2 is 1.93 bits per heavy atom. The highest BCUT2D eigenvalue weighted by Gasteiger charge is 2.36. The SMILES string of the molecule is CCCC(C#N)(CCC)C(=O)NOC. The first-order chi connectivity index (χ1) is 6.66. The van der Waals surface area contributed by atoms with Crippen molar-refractivity contribution in [3.8, 4) is 6.07 Å². The lowest BCUT2D eigenvalue weighted by Crippen LogP contribution is -2.39. The molecule has 0 heterocycles. The number of rotatable bonds is 6. The topological polar surface area (TPSA) is 62.1 Å². The molecule has 0 bridgehead atoms. The second-order valence-corrected chi connectivity index (χ2v) is 3.33. The van der Waals surface area contributed by atoms with Crippen LogP contribution in [0.2, 0.25) is 0 Å². The highest BCUT2D eigenvalue weighted by Crippen LogP contribution is 2.29. The highest BCUT2D eigenvalue weighted by atomic mass is 16.6. The number of hydroxylamine groups is 1. The van der Waals surface area contributed by atoms with E-state index in [4.69, 9.17) is 5.26 Å². The van der Waals surface area contributed by atoms with Crippen molar-refractivity contribution < 1.29 is 9.63 Å². The molecule has 0 saturated heterocycles. The summed E-state index contributed by atoms with van der Waals surface area (Å²) in [4.78, 5) is 16.2. The van der Waals surface area contributed by atoms with E-state index in [2.05, 4.69) is 16.4 Å². The van der Waals surface area contributed by atoms with Crippen LogP contribution in [0.25, 0.3) is 0 Å². The zero-order valence-corrected chi connectivity index (χ0v) is 9.09. The van der Waals surface area contributed by atoms with Crippen LogP contribution >= 0.6 is 0 Å². The predicted octanol–water partition coefficient (Wildman–Crippen LogP) is 1.77. The van der Waals surface area contributed by atoms with Gasteiger partial charge in [0, 0.05) is 0 Å². The van der Waals surface area contributed by atoms with Gasteiger partial charge < -0.3 is 0 Å². The van der Waals surface area contributed by atoms with Crippen molar-refractivity contribution in [2.75, 3.05) is 7.11 Å². The van der Waals surface area contributed by atoms with E-state index >= 15 is 0 Å². The van der Waals surface area contributed by atoms with Gasteiger partial charge in [-0.15, -0.1) is 0 Å². The summed E-state index contributed by atoms with van der Waals surface area (Å²) in [5, 5.41) is 9.07. The molecule has 0 aromatic heterocycles. The van der Waals surface area contributed by atoms with Crippen molar-refractivity contribution in [1.82, 2.24) is 5.48 Å². The van der Waals surface area contributed by atoms with E-state index in [0.717, 1.165) is 12.8 Å². The fourth-order valence-corrected chi connectivity index (χ4v) is 1.56. The molecule has 0 atom stereocenters. The van der Waals surface area contributed by atoms with Crippen molar-refractivity contribution in [2.24, 2.45) is 5.41 Å². The fourth-order valence-electron chi connectivity index (χ4n) is 1.56. The molecule has 1 N–H and O–H groups in total. The minimum Gasteiger partial charge on any atom is -0.277 e. The van der Waals surface area contributed by atoms with Crippen LogP contribution < -0.4 is 5.48 Å². The van der Waals surface area contributed by atoms with Crippen LogP contribution in [-0.2, 0) is 9.63 Å². The summed E-state index contributed by atoms with van der Waals surface area (Å²) in [6, 6.07) is 2.11. The van der Waals surface area contributed by atoms with E-state index in [1.807, 2.05) is 13.8 Å². The van der Waals surface area contributed by atoms with Crippen LogP contribution in [0, 0.1) is 16.7 Å². The van der Waals surface area contributed by atoms with E-state index in [9.17, 15) is 4.79 Å². The second kappa shape index (κ2) is 6.39. The van der Waals surface area contributed by atoms with Gasteiger partial charge >= 0.3 is 0 Å². The van der Waals surface area contributed by atoms with Gasteiger partial charge in [0.25, 0.3) is 5.91 Å². The Balaban J connectivity index is 4.65. The van der Waals surface area contributed by atoms with Gasteiger partial charge in [0.1, 0.15) is 5.41 Å². The van der Waals surface area contributed by atoms with Crippen LogP contribution in [-0.4, -0.2) is 13.0 Å². The lowest BCUT2D eigenvalue weighted by molar-refractivity contribution is -0.139. The monoisotopic (exact) mass is 198 g/mol. The zero-order chi connectivity index (χ0) is 11.0. The van der Waals surface area contributed by atoms with E-state index in [0.29, 0.717) is 12.8 Å². The molecule has 0 aliphatic heterocycles. The Morgan fingerprint density at radius 1 is 1.43 bits per heavy atom. The first-order valence-corrected chi connectivity index (χ1v) is 4.91. The van der Waals surface area contributed by atoms with Crippen LogP contribution in [0.3, 0.4) is 0 Å². The summed E-state index contributed by atoms with van der Waals surface area (Å²) >= 11 is 0. The molecule has 4 heteroatoms. The van der Waals surface area contributed by atoms with Gasteiger partial charge in [-0.05, 0) is 12.8 Å². The lowest BCUT2D eigenvalue weighted by atomic mass is 9.80. The van der Waals surface area contributed by atoms with Gasteiger partial charge in [-0.1, -0.05) is 26.7 Å². The van der Waals surface area contributed by atoms with Crippen molar-refractivity contribution >= 4 is 5.91 Å². The molecule has 0 aliphatic rings. The zero-order valence-electron chi connectivity index (χ0n) is 9.09. The third-order valence-electron chi connectivity index (χ3n) is 2.20. The average molecular weight is 198 g/mol. The smallest absolute Gasteiger partial charge is 0.263 e. The Morgan fingerprint density at radius 3 is 2.21 bits per heavy atom. The van der Waals surface area contributed by atoms with Gasteiger partial charge in [0.15, 0.2) is 0 Å². The highest BCUT2D eigenvalue weighted by molar-refractivity contribution is 5.84. The maximum atomic E-state index is 11.6. The Bertz CT molecular complexity index is 215. The summed E-state index contributed by atoms with van der Waals surface area (Å²) in [5.74, 6) is -0.328. The third-order valence-corrected chi connectivity index (χ3v) is 2.20. The van der Waals surface area contributed by atoms with Crippen molar-refractivity contribution in [3.63, 3.8) is 0 Å². The van der Waals surface area contributed by atoms with Crippen LogP contribution in [0.4, 0.5) is 0 Å². The van der Waals surface area contributed by atoms with E-state index in [-0.39, 0.29) is 5.91 Å². The number of amides is 1. The van der Waals surface area contributed by atoms with E-state index < -0.39 is 5.41 Å². The molecule has 0 aromatic carbocycles. The van der Waals surface area contributed by atoms with Gasteiger partial charge in [0.2, 0.25) is 0 Å². The molecule has 0 unspecified atom stereocenters. The number of carbonyl (C=O) groups is 1. The van der Waals surface area contributed by atoms with Gasteiger partial charge in [-0.25, -0.2) is 5.48 Å². The normalized spacial score (nSPS) is 10.7. The number of hydrogen-bond acceptors (Lipinski definition) is 3. The Labute approximate surface area is 85.2 Å². The summed E-state index contributed by atoms with van der Waals surface area (Å²) < 4.78 is 0. The number of hydrogen-bond donors (Lipinski definition) is 1. The Kier molecular flexibility index (Phi) is 5.89. The molecular weight excluding hydrogens is 180 g/mol. The number of nitrogens with one attached hydrogen (secondary N) is 1. The molecular formula is C10H18N2O2. The van der Waals surface area contributed by atoms with Crippen molar-refractivity contribution in [2.45, 2.75) is 39.5 Å². The van der Waals surface area contributed by atoms with Gasteiger partial charge in [-0.3, -0.25) is 9.63 Å². The summed E-state index contributed by atoms with van der Waals surface area (Å²) in [5.41, 5.74) is 1.33. The molecule has 0 rings (SSSR count). The number of nitrogens with zero attached hydrogens (tertiary/aromatic N) is 1. The Hall–Kier alpha value is -1.08. The minimum absolute atomic E-state index is 0.328. The molecule has 0 fully saturated rings. The maximum absolute atomic E-state index is 11.6. The molecule has 4 nitrogen and oxygen atoms in total. The quantitative estimate of drug-likeness (QED) is 0.662. The van der Waals surface area contributed by atoms with Crippen LogP contribution in [0.1, 0.15) is 39.5 Å². The fraction of sp³-hybridized carbons (Fsp3) is 0.800. The molecule has 0 radical (unpaired) electrons.